The van der Waals surface area contributed by atoms with Gasteiger partial charge in [-0.15, -0.1) is 0 Å². The summed E-state index contributed by atoms with van der Waals surface area (Å²) in [6, 6.07) is 83.4. The molecule has 316 valence electrons. The molecule has 0 N–H and O–H groups in total. The molecule has 1 aliphatic carbocycles. The first-order valence-electron chi connectivity index (χ1n) is 23.2. The Morgan fingerprint density at radius 1 is 0.373 bits per heavy atom. The highest BCUT2D eigenvalue weighted by Gasteiger charge is 2.24. The first-order valence-corrected chi connectivity index (χ1v) is 23.2. The number of nitrogens with zero attached hydrogens (tertiary/aromatic N) is 4. The van der Waals surface area contributed by atoms with Crippen LogP contribution in [0.1, 0.15) is 18.4 Å². The van der Waals surface area contributed by atoms with E-state index in [0.717, 1.165) is 74.5 Å². The fraction of sp³-hybridized carbons (Fsp3) is 0.0317. The minimum Gasteiger partial charge on any atom is -0.309 e. The largest absolute Gasteiger partial charge is 0.309 e. The predicted octanol–water partition coefficient (Wildman–Crippen LogP) is 17.0. The molecule has 0 radical (unpaired) electrons. The molecular formula is C63H44N4. The number of aromatic nitrogens is 3. The lowest BCUT2D eigenvalue weighted by atomic mass is 9.95. The highest BCUT2D eigenvalue weighted by molar-refractivity contribution is 6.20. The lowest BCUT2D eigenvalue weighted by molar-refractivity contribution is 1.01. The van der Waals surface area contributed by atoms with Crippen LogP contribution < -0.4 is 4.90 Å². The van der Waals surface area contributed by atoms with E-state index in [1.165, 1.54) is 54.8 Å². The van der Waals surface area contributed by atoms with Gasteiger partial charge in [0.25, 0.3) is 0 Å². The molecule has 2 heterocycles. The van der Waals surface area contributed by atoms with Crippen LogP contribution in [0.25, 0.3) is 93.9 Å². The number of hydrogen-bond donors (Lipinski definition) is 0. The van der Waals surface area contributed by atoms with E-state index in [2.05, 4.69) is 257 Å². The molecule has 1 aliphatic rings. The Bertz CT molecular complexity index is 3900. The fourth-order valence-electron chi connectivity index (χ4n) is 10.6. The summed E-state index contributed by atoms with van der Waals surface area (Å²) in [5, 5.41) is 7.14. The number of imidazole rings is 1. The van der Waals surface area contributed by atoms with Crippen LogP contribution in [0, 0.1) is 0 Å². The maximum atomic E-state index is 5.56. The van der Waals surface area contributed by atoms with Gasteiger partial charge >= 0.3 is 0 Å². The van der Waals surface area contributed by atoms with E-state index in [9.17, 15) is 0 Å². The smallest absolute Gasteiger partial charge is 0.145 e. The summed E-state index contributed by atoms with van der Waals surface area (Å²) in [6.07, 6.45) is 6.77. The maximum Gasteiger partial charge on any atom is 0.145 e. The monoisotopic (exact) mass is 856 g/mol. The molecule has 0 aliphatic heterocycles. The molecule has 4 nitrogen and oxygen atoms in total. The molecule has 13 rings (SSSR count). The average Bonchev–Trinajstić information content (AvgIpc) is 3.96. The zero-order chi connectivity index (χ0) is 44.3. The van der Waals surface area contributed by atoms with Gasteiger partial charge in [0.1, 0.15) is 5.82 Å². The van der Waals surface area contributed by atoms with Crippen LogP contribution in [0.2, 0.25) is 0 Å². The number of hydrogen-bond acceptors (Lipinski definition) is 2. The lowest BCUT2D eigenvalue weighted by Gasteiger charge is -2.29. The van der Waals surface area contributed by atoms with E-state index in [1.807, 2.05) is 0 Å². The molecule has 0 fully saturated rings. The minimum atomic E-state index is 0.945. The van der Waals surface area contributed by atoms with E-state index in [4.69, 9.17) is 4.98 Å². The second-order valence-electron chi connectivity index (χ2n) is 17.4. The Hall–Kier alpha value is -8.73. The van der Waals surface area contributed by atoms with E-state index in [-0.39, 0.29) is 0 Å². The van der Waals surface area contributed by atoms with Gasteiger partial charge in [0.05, 0.1) is 39.1 Å². The Kier molecular flexibility index (Phi) is 9.28. The number of fused-ring (bicyclic) bond motifs is 8. The molecule has 0 saturated heterocycles. The van der Waals surface area contributed by atoms with Gasteiger partial charge in [-0.3, -0.25) is 4.57 Å². The molecule has 4 heteroatoms. The third-order valence-corrected chi connectivity index (χ3v) is 13.5. The highest BCUT2D eigenvalue weighted by atomic mass is 15.1. The Morgan fingerprint density at radius 3 is 1.79 bits per heavy atom. The van der Waals surface area contributed by atoms with Gasteiger partial charge in [0, 0.05) is 49.6 Å². The zero-order valence-corrected chi connectivity index (χ0v) is 36.8. The third-order valence-electron chi connectivity index (χ3n) is 13.5. The Labute approximate surface area is 389 Å². The van der Waals surface area contributed by atoms with Crippen molar-refractivity contribution in [2.45, 2.75) is 12.8 Å². The van der Waals surface area contributed by atoms with E-state index in [1.54, 1.807) is 0 Å². The van der Waals surface area contributed by atoms with Crippen molar-refractivity contribution in [1.29, 1.82) is 0 Å². The number of allylic oxidation sites excluding steroid dienone is 4. The van der Waals surface area contributed by atoms with Crippen LogP contribution in [-0.2, 0) is 0 Å². The highest BCUT2D eigenvalue weighted by Crippen LogP contribution is 2.47. The molecule has 10 aromatic carbocycles. The van der Waals surface area contributed by atoms with Crippen molar-refractivity contribution < 1.29 is 0 Å². The molecule has 0 atom stereocenters. The van der Waals surface area contributed by atoms with Crippen LogP contribution in [0.5, 0.6) is 0 Å². The van der Waals surface area contributed by atoms with E-state index in [0.29, 0.717) is 0 Å². The van der Waals surface area contributed by atoms with Gasteiger partial charge < -0.3 is 9.47 Å². The summed E-state index contributed by atoms with van der Waals surface area (Å²) in [5.41, 5.74) is 16.0. The van der Waals surface area contributed by atoms with Crippen molar-refractivity contribution in [1.82, 2.24) is 14.1 Å². The van der Waals surface area contributed by atoms with Gasteiger partial charge in [-0.05, 0) is 89.3 Å². The number of benzene rings is 10. The first-order chi connectivity index (χ1) is 33.3. The topological polar surface area (TPSA) is 26.0 Å². The average molecular weight is 857 g/mol. The molecule has 67 heavy (non-hydrogen) atoms. The molecule has 12 aromatic rings. The van der Waals surface area contributed by atoms with Crippen molar-refractivity contribution >= 4 is 82.7 Å². The van der Waals surface area contributed by atoms with Crippen LogP contribution in [0.15, 0.2) is 243 Å². The van der Waals surface area contributed by atoms with Crippen molar-refractivity contribution in [3.8, 4) is 28.2 Å². The van der Waals surface area contributed by atoms with Crippen LogP contribution >= 0.6 is 0 Å². The summed E-state index contributed by atoms with van der Waals surface area (Å²) < 4.78 is 4.79. The normalized spacial score (nSPS) is 12.8. The number of rotatable bonds is 8. The van der Waals surface area contributed by atoms with Gasteiger partial charge in [0.15, 0.2) is 0 Å². The molecule has 0 saturated carbocycles. The van der Waals surface area contributed by atoms with Crippen molar-refractivity contribution in [2.75, 3.05) is 4.90 Å². The standard InChI is InChI=1S/C63H44N4/c1-5-20-43(21-6-1)48-28-13-17-33-57(48)67-60-41-40-51-50-31-19-35-59(53(50)38-39-55(51)62(60)64-63(67)44-22-7-2-8-23-44)65(46-24-9-3-10-25-46)56-32-16-14-29-49(56)45-36-37-54-52-30-15-18-34-58(52)66(61(54)42-45)47-26-11-4-12-27-47/h1-12,14-16,18-42H,13,17H2. The lowest BCUT2D eigenvalue weighted by Crippen LogP contribution is -2.11. The molecule has 0 unspecified atom stereocenters. The Balaban J connectivity index is 1.00. The molecule has 0 bridgehead atoms. The Morgan fingerprint density at radius 2 is 0.970 bits per heavy atom. The summed E-state index contributed by atoms with van der Waals surface area (Å²) in [6.45, 7) is 0. The third kappa shape index (κ3) is 6.40. The zero-order valence-electron chi connectivity index (χ0n) is 36.8. The van der Waals surface area contributed by atoms with Crippen LogP contribution in [-0.4, -0.2) is 14.1 Å². The molecule has 0 amide bonds. The quantitative estimate of drug-likeness (QED) is 0.142. The predicted molar refractivity (Wildman–Crippen MR) is 283 cm³/mol. The fourth-order valence-corrected chi connectivity index (χ4v) is 10.6. The summed E-state index contributed by atoms with van der Waals surface area (Å²) in [7, 11) is 0. The number of para-hydroxylation sites is 4. The summed E-state index contributed by atoms with van der Waals surface area (Å²) in [4.78, 5) is 8.00. The SMILES string of the molecule is C1=C(c2ccccc2)C(n2c(-c3ccccc3)nc3c4ccc5c(N(c6ccccc6)c6ccccc6-c6ccc7c8ccccc8n(-c8ccccc8)c7c6)cccc5c4ccc32)=CCC1. The second kappa shape index (κ2) is 16.1. The first kappa shape index (κ1) is 38.7. The number of anilines is 3. The molecule has 2 aromatic heterocycles. The second-order valence-corrected chi connectivity index (χ2v) is 17.4. The summed E-state index contributed by atoms with van der Waals surface area (Å²) >= 11 is 0. The van der Waals surface area contributed by atoms with Gasteiger partial charge in [0.2, 0.25) is 0 Å². The van der Waals surface area contributed by atoms with Gasteiger partial charge in [-0.1, -0.05) is 188 Å². The van der Waals surface area contributed by atoms with Gasteiger partial charge in [-0.2, -0.15) is 0 Å². The van der Waals surface area contributed by atoms with Crippen molar-refractivity contribution in [2.24, 2.45) is 0 Å². The molecular weight excluding hydrogens is 813 g/mol. The van der Waals surface area contributed by atoms with Crippen LogP contribution in [0.3, 0.4) is 0 Å². The van der Waals surface area contributed by atoms with Crippen molar-refractivity contribution in [3.63, 3.8) is 0 Å². The maximum absolute atomic E-state index is 5.56. The van der Waals surface area contributed by atoms with Gasteiger partial charge in [-0.25, -0.2) is 4.98 Å². The minimum absolute atomic E-state index is 0.945. The van der Waals surface area contributed by atoms with Crippen LogP contribution in [0.4, 0.5) is 17.1 Å². The van der Waals surface area contributed by atoms with Crippen molar-refractivity contribution in [3.05, 3.63) is 248 Å². The van der Waals surface area contributed by atoms with E-state index >= 15 is 0 Å². The van der Waals surface area contributed by atoms with E-state index < -0.39 is 0 Å². The molecule has 0 spiro atoms. The summed E-state index contributed by atoms with van der Waals surface area (Å²) in [5.74, 6) is 0.945.